The Labute approximate surface area is 95.3 Å². The van der Waals surface area contributed by atoms with Crippen molar-refractivity contribution in [2.24, 2.45) is 0 Å². The van der Waals surface area contributed by atoms with Gasteiger partial charge in [-0.15, -0.1) is 0 Å². The summed E-state index contributed by atoms with van der Waals surface area (Å²) in [6.07, 6.45) is 0.526. The summed E-state index contributed by atoms with van der Waals surface area (Å²) >= 11 is 0. The number of rotatable bonds is 5. The molecular weight excluding hydrogens is 228 g/mol. The number of aliphatic hydroxyl groups is 1. The fourth-order valence-electron chi connectivity index (χ4n) is 1.22. The Morgan fingerprint density at radius 1 is 1.50 bits per heavy atom. The second kappa shape index (κ2) is 5.29. The molecule has 1 aromatic rings. The third-order valence-electron chi connectivity index (χ3n) is 2.20. The molecule has 1 aromatic carbocycles. The lowest BCUT2D eigenvalue weighted by Gasteiger charge is -2.14. The van der Waals surface area contributed by atoms with Gasteiger partial charge in [0.2, 0.25) is 10.0 Å². The molecule has 0 radical (unpaired) electrons. The SMILES string of the molecule is CCC(CO)NS(=O)(=O)c1cccc(N)c1. The predicted octanol–water partition coefficient (Wildman–Crippen LogP) is 0.318. The maximum absolute atomic E-state index is 11.8. The van der Waals surface area contributed by atoms with Gasteiger partial charge in [-0.3, -0.25) is 0 Å². The standard InChI is InChI=1S/C10H16N2O3S/c1-2-9(7-13)12-16(14,15)10-5-3-4-8(11)6-10/h3-6,9,12-13H,2,7,11H2,1H3. The zero-order valence-corrected chi connectivity index (χ0v) is 9.87. The molecule has 1 unspecified atom stereocenters. The zero-order chi connectivity index (χ0) is 12.2. The highest BCUT2D eigenvalue weighted by Gasteiger charge is 2.18. The number of benzene rings is 1. The van der Waals surface area contributed by atoms with E-state index in [2.05, 4.69) is 4.72 Å². The zero-order valence-electron chi connectivity index (χ0n) is 9.05. The first-order valence-electron chi connectivity index (χ1n) is 4.98. The van der Waals surface area contributed by atoms with Crippen LogP contribution in [-0.4, -0.2) is 26.2 Å². The molecule has 1 atom stereocenters. The molecule has 6 heteroatoms. The van der Waals surface area contributed by atoms with Crippen molar-refractivity contribution >= 4 is 15.7 Å². The second-order valence-corrected chi connectivity index (χ2v) is 5.20. The number of nitrogens with one attached hydrogen (secondary N) is 1. The largest absolute Gasteiger partial charge is 0.399 e. The average Bonchev–Trinajstić information content (AvgIpc) is 2.26. The minimum Gasteiger partial charge on any atom is -0.399 e. The van der Waals surface area contributed by atoms with Crippen LogP contribution in [0.25, 0.3) is 0 Å². The summed E-state index contributed by atoms with van der Waals surface area (Å²) in [4.78, 5) is 0.111. The van der Waals surface area contributed by atoms with Gasteiger partial charge in [0.05, 0.1) is 11.5 Å². The molecule has 0 spiro atoms. The maximum atomic E-state index is 11.8. The molecule has 0 aromatic heterocycles. The van der Waals surface area contributed by atoms with Gasteiger partial charge in [-0.05, 0) is 24.6 Å². The van der Waals surface area contributed by atoms with Crippen LogP contribution in [0.5, 0.6) is 0 Å². The quantitative estimate of drug-likeness (QED) is 0.650. The van der Waals surface area contributed by atoms with Crippen LogP contribution in [0.2, 0.25) is 0 Å². The van der Waals surface area contributed by atoms with E-state index in [9.17, 15) is 8.42 Å². The lowest BCUT2D eigenvalue weighted by atomic mass is 10.3. The van der Waals surface area contributed by atoms with Gasteiger partial charge in [0, 0.05) is 11.7 Å². The molecule has 0 fully saturated rings. The Balaban J connectivity index is 2.94. The van der Waals surface area contributed by atoms with Crippen LogP contribution in [0.15, 0.2) is 29.2 Å². The van der Waals surface area contributed by atoms with Crippen molar-refractivity contribution in [1.29, 1.82) is 0 Å². The summed E-state index contributed by atoms with van der Waals surface area (Å²) in [5.74, 6) is 0. The number of hydrogen-bond acceptors (Lipinski definition) is 4. The van der Waals surface area contributed by atoms with Gasteiger partial charge < -0.3 is 10.8 Å². The molecule has 0 aliphatic heterocycles. The third-order valence-corrected chi connectivity index (χ3v) is 3.72. The Morgan fingerprint density at radius 2 is 2.19 bits per heavy atom. The van der Waals surface area contributed by atoms with Crippen molar-refractivity contribution in [3.63, 3.8) is 0 Å². The fraction of sp³-hybridized carbons (Fsp3) is 0.400. The normalized spacial score (nSPS) is 13.6. The topological polar surface area (TPSA) is 92.4 Å². The van der Waals surface area contributed by atoms with E-state index in [0.29, 0.717) is 12.1 Å². The molecule has 1 rings (SSSR count). The van der Waals surface area contributed by atoms with E-state index >= 15 is 0 Å². The van der Waals surface area contributed by atoms with Gasteiger partial charge >= 0.3 is 0 Å². The van der Waals surface area contributed by atoms with Crippen molar-refractivity contribution in [1.82, 2.24) is 4.72 Å². The molecule has 0 saturated heterocycles. The average molecular weight is 244 g/mol. The van der Waals surface area contributed by atoms with Crippen LogP contribution in [0.3, 0.4) is 0 Å². The van der Waals surface area contributed by atoms with Crippen molar-refractivity contribution in [2.45, 2.75) is 24.3 Å². The number of nitrogens with two attached hydrogens (primary N) is 1. The Morgan fingerprint density at radius 3 is 2.69 bits per heavy atom. The van der Waals surface area contributed by atoms with E-state index in [1.807, 2.05) is 0 Å². The summed E-state index contributed by atoms with van der Waals surface area (Å²) < 4.78 is 26.1. The number of anilines is 1. The molecule has 0 heterocycles. The van der Waals surface area contributed by atoms with Gasteiger partial charge in [0.15, 0.2) is 0 Å². The molecule has 5 nitrogen and oxygen atoms in total. The summed E-state index contributed by atoms with van der Waals surface area (Å²) in [5.41, 5.74) is 5.90. The highest BCUT2D eigenvalue weighted by Crippen LogP contribution is 2.13. The molecule has 0 bridgehead atoms. The lowest BCUT2D eigenvalue weighted by molar-refractivity contribution is 0.254. The molecule has 0 aliphatic rings. The van der Waals surface area contributed by atoms with Crippen molar-refractivity contribution in [2.75, 3.05) is 12.3 Å². The van der Waals surface area contributed by atoms with E-state index in [-0.39, 0.29) is 11.5 Å². The van der Waals surface area contributed by atoms with E-state index in [1.165, 1.54) is 12.1 Å². The Hall–Kier alpha value is -1.11. The molecular formula is C10H16N2O3S. The maximum Gasteiger partial charge on any atom is 0.240 e. The highest BCUT2D eigenvalue weighted by atomic mass is 32.2. The summed E-state index contributed by atoms with van der Waals surface area (Å²) in [6, 6.07) is 5.56. The van der Waals surface area contributed by atoms with E-state index in [1.54, 1.807) is 19.1 Å². The first-order chi connectivity index (χ1) is 7.49. The Bertz CT molecular complexity index is 441. The first-order valence-corrected chi connectivity index (χ1v) is 6.46. The van der Waals surface area contributed by atoms with Crippen LogP contribution in [0.1, 0.15) is 13.3 Å². The van der Waals surface area contributed by atoms with Gasteiger partial charge in [0.1, 0.15) is 0 Å². The number of hydrogen-bond donors (Lipinski definition) is 3. The van der Waals surface area contributed by atoms with Crippen LogP contribution < -0.4 is 10.5 Å². The second-order valence-electron chi connectivity index (χ2n) is 3.48. The summed E-state index contributed by atoms with van der Waals surface area (Å²) in [7, 11) is -3.60. The van der Waals surface area contributed by atoms with Crippen LogP contribution in [-0.2, 0) is 10.0 Å². The summed E-state index contributed by atoms with van der Waals surface area (Å²) in [6.45, 7) is 1.57. The Kier molecular flexibility index (Phi) is 4.28. The predicted molar refractivity (Wildman–Crippen MR) is 62.3 cm³/mol. The monoisotopic (exact) mass is 244 g/mol. The molecule has 0 amide bonds. The van der Waals surface area contributed by atoms with Crippen LogP contribution in [0.4, 0.5) is 5.69 Å². The molecule has 4 N–H and O–H groups in total. The van der Waals surface area contributed by atoms with Crippen LogP contribution in [0, 0.1) is 0 Å². The van der Waals surface area contributed by atoms with E-state index in [4.69, 9.17) is 10.8 Å². The van der Waals surface area contributed by atoms with Crippen molar-refractivity contribution < 1.29 is 13.5 Å². The minimum absolute atomic E-state index is 0.111. The fourth-order valence-corrected chi connectivity index (χ4v) is 2.58. The smallest absolute Gasteiger partial charge is 0.240 e. The van der Waals surface area contributed by atoms with Gasteiger partial charge in [-0.2, -0.15) is 0 Å². The summed E-state index contributed by atoms with van der Waals surface area (Å²) in [5, 5.41) is 8.94. The van der Waals surface area contributed by atoms with Gasteiger partial charge in [-0.25, -0.2) is 13.1 Å². The van der Waals surface area contributed by atoms with Crippen molar-refractivity contribution in [3.05, 3.63) is 24.3 Å². The third kappa shape index (κ3) is 3.19. The first kappa shape index (κ1) is 13.0. The molecule has 16 heavy (non-hydrogen) atoms. The number of nitrogen functional groups attached to an aromatic ring is 1. The molecule has 0 aliphatic carbocycles. The molecule has 90 valence electrons. The van der Waals surface area contributed by atoms with E-state index in [0.717, 1.165) is 0 Å². The lowest BCUT2D eigenvalue weighted by Crippen LogP contribution is -2.36. The molecule has 0 saturated carbocycles. The van der Waals surface area contributed by atoms with E-state index < -0.39 is 16.1 Å². The minimum atomic E-state index is -3.60. The number of sulfonamides is 1. The van der Waals surface area contributed by atoms with Crippen molar-refractivity contribution in [3.8, 4) is 0 Å². The van der Waals surface area contributed by atoms with Crippen LogP contribution >= 0.6 is 0 Å². The number of aliphatic hydroxyl groups excluding tert-OH is 1. The van der Waals surface area contributed by atoms with Gasteiger partial charge in [0.25, 0.3) is 0 Å². The highest BCUT2D eigenvalue weighted by molar-refractivity contribution is 7.89. The van der Waals surface area contributed by atoms with Gasteiger partial charge in [-0.1, -0.05) is 13.0 Å².